The molecule has 1 aromatic carbocycles. The second-order valence-electron chi connectivity index (χ2n) is 3.89. The lowest BCUT2D eigenvalue weighted by atomic mass is 9.98. The van der Waals surface area contributed by atoms with Crippen molar-refractivity contribution < 1.29 is 4.79 Å². The molecule has 1 rings (SSSR count). The van der Waals surface area contributed by atoms with Crippen molar-refractivity contribution >= 4 is 5.78 Å². The molecule has 76 valence electrons. The van der Waals surface area contributed by atoms with Crippen molar-refractivity contribution in [1.29, 1.82) is 0 Å². The lowest BCUT2D eigenvalue weighted by molar-refractivity contribution is -0.120. The van der Waals surface area contributed by atoms with E-state index < -0.39 is 0 Å². The zero-order valence-electron chi connectivity index (χ0n) is 8.99. The fourth-order valence-corrected chi connectivity index (χ4v) is 1.46. The van der Waals surface area contributed by atoms with Gasteiger partial charge in [-0.3, -0.25) is 4.79 Å². The van der Waals surface area contributed by atoms with Crippen LogP contribution in [0.4, 0.5) is 0 Å². The van der Waals surface area contributed by atoms with E-state index in [4.69, 9.17) is 0 Å². The molecule has 14 heavy (non-hydrogen) atoms. The Morgan fingerprint density at radius 1 is 1.29 bits per heavy atom. The quantitative estimate of drug-likeness (QED) is 0.696. The molecule has 0 saturated carbocycles. The number of hydrogen-bond acceptors (Lipinski definition) is 1. The number of rotatable bonds is 5. The van der Waals surface area contributed by atoms with E-state index in [1.54, 1.807) is 6.92 Å². The SMILES string of the molecule is CC(=O)C(C)CCCc1ccccc1. The van der Waals surface area contributed by atoms with Crippen molar-refractivity contribution in [1.82, 2.24) is 0 Å². The van der Waals surface area contributed by atoms with Crippen LogP contribution in [0.15, 0.2) is 30.3 Å². The number of benzene rings is 1. The maximum atomic E-state index is 11.0. The third-order valence-electron chi connectivity index (χ3n) is 2.64. The predicted octanol–water partition coefficient (Wildman–Crippen LogP) is 3.23. The fourth-order valence-electron chi connectivity index (χ4n) is 1.46. The first-order valence-electron chi connectivity index (χ1n) is 5.24. The van der Waals surface area contributed by atoms with Gasteiger partial charge in [0.25, 0.3) is 0 Å². The maximum Gasteiger partial charge on any atom is 0.132 e. The van der Waals surface area contributed by atoms with Gasteiger partial charge < -0.3 is 0 Å². The Kier molecular flexibility index (Phi) is 4.37. The highest BCUT2D eigenvalue weighted by molar-refractivity contribution is 5.77. The zero-order valence-corrected chi connectivity index (χ0v) is 8.99. The van der Waals surface area contributed by atoms with E-state index in [1.165, 1.54) is 5.56 Å². The molecule has 0 aromatic heterocycles. The highest BCUT2D eigenvalue weighted by Gasteiger charge is 2.06. The van der Waals surface area contributed by atoms with Crippen LogP contribution in [-0.4, -0.2) is 5.78 Å². The average molecular weight is 190 g/mol. The Hall–Kier alpha value is -1.11. The molecule has 0 aliphatic heterocycles. The van der Waals surface area contributed by atoms with E-state index in [0.717, 1.165) is 19.3 Å². The van der Waals surface area contributed by atoms with Crippen LogP contribution in [0.5, 0.6) is 0 Å². The molecule has 1 atom stereocenters. The summed E-state index contributed by atoms with van der Waals surface area (Å²) in [5, 5.41) is 0. The zero-order chi connectivity index (χ0) is 10.4. The Bertz CT molecular complexity index is 277. The van der Waals surface area contributed by atoms with Crippen molar-refractivity contribution in [2.24, 2.45) is 5.92 Å². The van der Waals surface area contributed by atoms with Crippen molar-refractivity contribution in [2.45, 2.75) is 33.1 Å². The number of aryl methyl sites for hydroxylation is 1. The summed E-state index contributed by atoms with van der Waals surface area (Å²) in [5.41, 5.74) is 1.36. The Morgan fingerprint density at radius 3 is 2.50 bits per heavy atom. The lowest BCUT2D eigenvalue weighted by Crippen LogP contribution is -2.06. The van der Waals surface area contributed by atoms with Gasteiger partial charge in [-0.15, -0.1) is 0 Å². The maximum absolute atomic E-state index is 11.0. The first-order valence-corrected chi connectivity index (χ1v) is 5.24. The molecular weight excluding hydrogens is 172 g/mol. The molecule has 0 aliphatic rings. The fraction of sp³-hybridized carbons (Fsp3) is 0.462. The largest absolute Gasteiger partial charge is 0.300 e. The summed E-state index contributed by atoms with van der Waals surface area (Å²) in [4.78, 5) is 11.0. The van der Waals surface area contributed by atoms with Gasteiger partial charge in [-0.25, -0.2) is 0 Å². The molecule has 0 fully saturated rings. The van der Waals surface area contributed by atoms with Crippen molar-refractivity contribution in [2.75, 3.05) is 0 Å². The minimum absolute atomic E-state index is 0.221. The van der Waals surface area contributed by atoms with Crippen molar-refractivity contribution in [3.8, 4) is 0 Å². The summed E-state index contributed by atoms with van der Waals surface area (Å²) in [5.74, 6) is 0.525. The van der Waals surface area contributed by atoms with Crippen LogP contribution in [0.3, 0.4) is 0 Å². The molecule has 0 spiro atoms. The van der Waals surface area contributed by atoms with Gasteiger partial charge >= 0.3 is 0 Å². The molecule has 0 saturated heterocycles. The van der Waals surface area contributed by atoms with E-state index >= 15 is 0 Å². The van der Waals surface area contributed by atoms with Crippen LogP contribution in [0, 0.1) is 5.92 Å². The van der Waals surface area contributed by atoms with Crippen LogP contribution < -0.4 is 0 Å². The first-order chi connectivity index (χ1) is 6.70. The van der Waals surface area contributed by atoms with Crippen molar-refractivity contribution in [3.63, 3.8) is 0 Å². The highest BCUT2D eigenvalue weighted by atomic mass is 16.1. The number of carbonyl (C=O) groups excluding carboxylic acids is 1. The Balaban J connectivity index is 2.26. The lowest BCUT2D eigenvalue weighted by Gasteiger charge is -2.06. The monoisotopic (exact) mass is 190 g/mol. The van der Waals surface area contributed by atoms with E-state index in [1.807, 2.05) is 13.0 Å². The van der Waals surface area contributed by atoms with Crippen LogP contribution >= 0.6 is 0 Å². The smallest absolute Gasteiger partial charge is 0.132 e. The minimum atomic E-state index is 0.221. The minimum Gasteiger partial charge on any atom is -0.300 e. The standard InChI is InChI=1S/C13H18O/c1-11(12(2)14)7-6-10-13-8-4-3-5-9-13/h3-5,8-9,11H,6-7,10H2,1-2H3. The van der Waals surface area contributed by atoms with Gasteiger partial charge in [0.05, 0.1) is 0 Å². The number of hydrogen-bond donors (Lipinski definition) is 0. The second-order valence-corrected chi connectivity index (χ2v) is 3.89. The molecule has 0 bridgehead atoms. The van der Waals surface area contributed by atoms with Crippen LogP contribution in [0.1, 0.15) is 32.3 Å². The third-order valence-corrected chi connectivity index (χ3v) is 2.64. The predicted molar refractivity (Wildman–Crippen MR) is 59.2 cm³/mol. The topological polar surface area (TPSA) is 17.1 Å². The van der Waals surface area contributed by atoms with Gasteiger partial charge in [-0.1, -0.05) is 37.3 Å². The number of ketones is 1. The summed E-state index contributed by atoms with van der Waals surface area (Å²) in [6.45, 7) is 3.68. The van der Waals surface area contributed by atoms with E-state index in [2.05, 4.69) is 24.3 Å². The van der Waals surface area contributed by atoms with Crippen LogP contribution in [0.2, 0.25) is 0 Å². The normalized spacial score (nSPS) is 12.4. The number of Topliss-reactive ketones (excluding diaryl/α,β-unsaturated/α-hetero) is 1. The van der Waals surface area contributed by atoms with E-state index in [-0.39, 0.29) is 5.92 Å². The molecule has 0 radical (unpaired) electrons. The Morgan fingerprint density at radius 2 is 1.93 bits per heavy atom. The van der Waals surface area contributed by atoms with Gasteiger partial charge in [0.2, 0.25) is 0 Å². The van der Waals surface area contributed by atoms with E-state index in [0.29, 0.717) is 5.78 Å². The second kappa shape index (κ2) is 5.58. The molecule has 1 nitrogen and oxygen atoms in total. The van der Waals surface area contributed by atoms with Gasteiger partial charge in [0.1, 0.15) is 5.78 Å². The molecule has 1 aromatic rings. The molecule has 1 heteroatoms. The van der Waals surface area contributed by atoms with Gasteiger partial charge in [-0.05, 0) is 31.7 Å². The van der Waals surface area contributed by atoms with Gasteiger partial charge in [-0.2, -0.15) is 0 Å². The highest BCUT2D eigenvalue weighted by Crippen LogP contribution is 2.10. The summed E-state index contributed by atoms with van der Waals surface area (Å²) in [6, 6.07) is 10.4. The third kappa shape index (κ3) is 3.73. The van der Waals surface area contributed by atoms with Gasteiger partial charge in [0, 0.05) is 5.92 Å². The van der Waals surface area contributed by atoms with Crippen LogP contribution in [-0.2, 0) is 11.2 Å². The summed E-state index contributed by atoms with van der Waals surface area (Å²) < 4.78 is 0. The molecule has 0 heterocycles. The average Bonchev–Trinajstić information content (AvgIpc) is 2.19. The van der Waals surface area contributed by atoms with Crippen molar-refractivity contribution in [3.05, 3.63) is 35.9 Å². The van der Waals surface area contributed by atoms with E-state index in [9.17, 15) is 4.79 Å². The molecule has 0 aliphatic carbocycles. The first kappa shape index (κ1) is 11.0. The molecular formula is C13H18O. The summed E-state index contributed by atoms with van der Waals surface area (Å²) in [6.07, 6.45) is 3.19. The molecule has 0 N–H and O–H groups in total. The van der Waals surface area contributed by atoms with Gasteiger partial charge in [0.15, 0.2) is 0 Å². The summed E-state index contributed by atoms with van der Waals surface area (Å²) >= 11 is 0. The Labute approximate surface area is 86.1 Å². The molecule has 0 amide bonds. The number of carbonyl (C=O) groups is 1. The molecule has 1 unspecified atom stereocenters. The summed E-state index contributed by atoms with van der Waals surface area (Å²) in [7, 11) is 0. The van der Waals surface area contributed by atoms with Crippen LogP contribution in [0.25, 0.3) is 0 Å².